The van der Waals surface area contributed by atoms with Crippen LogP contribution in [0, 0.1) is 0 Å². The van der Waals surface area contributed by atoms with E-state index in [2.05, 4.69) is 5.10 Å². The number of benzene rings is 2. The Bertz CT molecular complexity index is 1280. The number of esters is 1. The molecular formula is C25H20N2O6. The zero-order valence-electron chi connectivity index (χ0n) is 17.9. The quantitative estimate of drug-likeness (QED) is 0.439. The number of hydrogen-bond donors (Lipinski definition) is 1. The summed E-state index contributed by atoms with van der Waals surface area (Å²) in [4.78, 5) is 35.8. The van der Waals surface area contributed by atoms with Crippen LogP contribution >= 0.6 is 0 Å². The monoisotopic (exact) mass is 444 g/mol. The molecule has 0 atom stereocenters. The first-order valence-corrected chi connectivity index (χ1v) is 10.2. The summed E-state index contributed by atoms with van der Waals surface area (Å²) in [5, 5.41) is 14.6. The van der Waals surface area contributed by atoms with Gasteiger partial charge in [0.05, 0.1) is 34.7 Å². The molecule has 1 N–H and O–H groups in total. The number of carbonyl (C=O) groups excluding carboxylic acids is 2. The van der Waals surface area contributed by atoms with Crippen LogP contribution in [0.1, 0.15) is 40.3 Å². The molecule has 0 aliphatic carbocycles. The Hall–Kier alpha value is -4.46. The van der Waals surface area contributed by atoms with Crippen molar-refractivity contribution in [1.29, 1.82) is 0 Å². The van der Waals surface area contributed by atoms with Gasteiger partial charge >= 0.3 is 11.9 Å². The highest BCUT2D eigenvalue weighted by atomic mass is 16.5. The fourth-order valence-corrected chi connectivity index (χ4v) is 3.32. The van der Waals surface area contributed by atoms with Gasteiger partial charge in [-0.2, -0.15) is 10.1 Å². The van der Waals surface area contributed by atoms with Crippen molar-refractivity contribution in [3.05, 3.63) is 83.1 Å². The lowest BCUT2D eigenvalue weighted by Crippen LogP contribution is -2.21. The molecule has 4 rings (SSSR count). The van der Waals surface area contributed by atoms with E-state index < -0.39 is 11.9 Å². The molecule has 0 spiro atoms. The van der Waals surface area contributed by atoms with Crippen LogP contribution in [0.25, 0.3) is 17.4 Å². The number of carbonyl (C=O) groups is 3. The number of furan rings is 1. The summed E-state index contributed by atoms with van der Waals surface area (Å²) >= 11 is 0. The number of carboxylic acid groups (broad SMARTS) is 1. The van der Waals surface area contributed by atoms with E-state index in [1.165, 1.54) is 17.1 Å². The van der Waals surface area contributed by atoms with E-state index in [1.807, 2.05) is 0 Å². The minimum atomic E-state index is -0.999. The Morgan fingerprint density at radius 3 is 2.33 bits per heavy atom. The predicted molar refractivity (Wildman–Crippen MR) is 122 cm³/mol. The van der Waals surface area contributed by atoms with Gasteiger partial charge in [-0.1, -0.05) is 12.1 Å². The molecule has 1 aliphatic heterocycles. The first kappa shape index (κ1) is 21.8. The van der Waals surface area contributed by atoms with E-state index in [1.54, 1.807) is 68.5 Å². The van der Waals surface area contributed by atoms with Gasteiger partial charge < -0.3 is 14.3 Å². The highest BCUT2D eigenvalue weighted by Gasteiger charge is 2.29. The first-order valence-electron chi connectivity index (χ1n) is 10.2. The molecule has 8 heteroatoms. The lowest BCUT2D eigenvalue weighted by Gasteiger charge is -2.12. The van der Waals surface area contributed by atoms with Crippen molar-refractivity contribution in [3.8, 4) is 11.3 Å². The van der Waals surface area contributed by atoms with Gasteiger partial charge in [-0.25, -0.2) is 9.59 Å². The zero-order chi connectivity index (χ0) is 23.5. The first-order chi connectivity index (χ1) is 15.9. The van der Waals surface area contributed by atoms with Gasteiger partial charge in [-0.15, -0.1) is 0 Å². The average Bonchev–Trinajstić information content (AvgIpc) is 3.40. The molecule has 3 aromatic rings. The fourth-order valence-electron chi connectivity index (χ4n) is 3.32. The Morgan fingerprint density at radius 1 is 1.03 bits per heavy atom. The Morgan fingerprint density at radius 2 is 1.70 bits per heavy atom. The largest absolute Gasteiger partial charge is 0.478 e. The van der Waals surface area contributed by atoms with Crippen LogP contribution in [-0.2, 0) is 9.53 Å². The van der Waals surface area contributed by atoms with Crippen molar-refractivity contribution in [1.82, 2.24) is 0 Å². The zero-order valence-corrected chi connectivity index (χ0v) is 17.9. The minimum Gasteiger partial charge on any atom is -0.478 e. The van der Waals surface area contributed by atoms with Gasteiger partial charge in [-0.05, 0) is 68.5 Å². The molecule has 1 amide bonds. The van der Waals surface area contributed by atoms with Crippen LogP contribution in [-0.4, -0.2) is 35.3 Å². The topological polar surface area (TPSA) is 109 Å². The van der Waals surface area contributed by atoms with E-state index in [9.17, 15) is 14.4 Å². The number of hydrogen-bond acceptors (Lipinski definition) is 6. The van der Waals surface area contributed by atoms with Gasteiger partial charge in [0.25, 0.3) is 5.91 Å². The second-order valence-electron chi connectivity index (χ2n) is 7.21. The number of rotatable bonds is 6. The molecule has 0 fully saturated rings. The maximum absolute atomic E-state index is 13.0. The molecule has 2 heterocycles. The summed E-state index contributed by atoms with van der Waals surface area (Å²) in [5.74, 6) is -0.737. The second-order valence-corrected chi connectivity index (χ2v) is 7.21. The molecular weight excluding hydrogens is 424 g/mol. The van der Waals surface area contributed by atoms with Crippen LogP contribution in [0.5, 0.6) is 0 Å². The molecule has 0 unspecified atom stereocenters. The van der Waals surface area contributed by atoms with Gasteiger partial charge in [-0.3, -0.25) is 4.79 Å². The molecule has 0 saturated heterocycles. The lowest BCUT2D eigenvalue weighted by molar-refractivity contribution is -0.114. The summed E-state index contributed by atoms with van der Waals surface area (Å²) in [6.45, 7) is 3.74. The van der Waals surface area contributed by atoms with Crippen molar-refractivity contribution in [3.63, 3.8) is 0 Å². The van der Waals surface area contributed by atoms with E-state index in [4.69, 9.17) is 14.3 Å². The highest BCUT2D eigenvalue weighted by Crippen LogP contribution is 2.28. The Kier molecular flexibility index (Phi) is 5.91. The van der Waals surface area contributed by atoms with Crippen LogP contribution in [0.4, 0.5) is 5.69 Å². The minimum absolute atomic E-state index is 0.186. The van der Waals surface area contributed by atoms with Gasteiger partial charge in [0.2, 0.25) is 0 Å². The van der Waals surface area contributed by atoms with Crippen LogP contribution < -0.4 is 5.01 Å². The maximum atomic E-state index is 13.0. The van der Waals surface area contributed by atoms with E-state index >= 15 is 0 Å². The molecule has 1 aliphatic rings. The highest BCUT2D eigenvalue weighted by molar-refractivity contribution is 6.32. The Balaban J connectivity index is 1.53. The SMILES string of the molecule is CCOC(=O)c1ccc(N2N=C(C)/C(=C/c3ccc(-c4ccc(C(=O)O)cc4)o3)C2=O)cc1. The molecule has 33 heavy (non-hydrogen) atoms. The number of nitrogens with zero attached hydrogens (tertiary/aromatic N) is 2. The number of ether oxygens (including phenoxy) is 1. The van der Waals surface area contributed by atoms with Gasteiger partial charge in [0, 0.05) is 5.56 Å². The van der Waals surface area contributed by atoms with Crippen molar-refractivity contribution in [2.45, 2.75) is 13.8 Å². The number of hydrazone groups is 1. The number of carboxylic acids is 1. The maximum Gasteiger partial charge on any atom is 0.338 e. The standard InChI is InChI=1S/C25H20N2O6/c1-3-32-25(31)18-8-10-19(11-9-18)27-23(28)21(15(2)26-27)14-20-12-13-22(33-20)16-4-6-17(7-5-16)24(29)30/h4-14H,3H2,1-2H3,(H,29,30)/b21-14-. The predicted octanol–water partition coefficient (Wildman–Crippen LogP) is 4.63. The molecule has 1 aromatic heterocycles. The number of aromatic carboxylic acids is 1. The van der Waals surface area contributed by atoms with Crippen LogP contribution in [0.15, 0.2) is 75.8 Å². The molecule has 166 valence electrons. The van der Waals surface area contributed by atoms with Crippen LogP contribution in [0.3, 0.4) is 0 Å². The molecule has 8 nitrogen and oxygen atoms in total. The van der Waals surface area contributed by atoms with E-state index in [0.717, 1.165) is 5.56 Å². The van der Waals surface area contributed by atoms with Gasteiger partial charge in [0.1, 0.15) is 11.5 Å². The molecule has 0 radical (unpaired) electrons. The second kappa shape index (κ2) is 8.96. The van der Waals surface area contributed by atoms with Crippen LogP contribution in [0.2, 0.25) is 0 Å². The van der Waals surface area contributed by atoms with Gasteiger partial charge in [0.15, 0.2) is 0 Å². The summed E-state index contributed by atoms with van der Waals surface area (Å²) in [6.07, 6.45) is 1.61. The summed E-state index contributed by atoms with van der Waals surface area (Å²) in [5.41, 5.74) is 2.73. The third-order valence-electron chi connectivity index (χ3n) is 5.02. The third-order valence-corrected chi connectivity index (χ3v) is 5.02. The number of anilines is 1. The molecule has 2 aromatic carbocycles. The Labute approximate surface area is 189 Å². The van der Waals surface area contributed by atoms with Crippen molar-refractivity contribution in [2.24, 2.45) is 5.10 Å². The normalized spacial score (nSPS) is 14.5. The summed E-state index contributed by atoms with van der Waals surface area (Å²) in [7, 11) is 0. The summed E-state index contributed by atoms with van der Waals surface area (Å²) < 4.78 is 10.8. The van der Waals surface area contributed by atoms with Crippen molar-refractivity contribution in [2.75, 3.05) is 11.6 Å². The molecule has 0 bridgehead atoms. The number of amides is 1. The lowest BCUT2D eigenvalue weighted by atomic mass is 10.1. The fraction of sp³-hybridized carbons (Fsp3) is 0.120. The smallest absolute Gasteiger partial charge is 0.338 e. The summed E-state index contributed by atoms with van der Waals surface area (Å²) in [6, 6.07) is 16.2. The molecule has 0 saturated carbocycles. The third kappa shape index (κ3) is 4.45. The van der Waals surface area contributed by atoms with E-state index in [-0.39, 0.29) is 18.1 Å². The average molecular weight is 444 g/mol. The van der Waals surface area contributed by atoms with E-state index in [0.29, 0.717) is 34.1 Å². The van der Waals surface area contributed by atoms with Crippen molar-refractivity contribution >= 4 is 35.3 Å². The van der Waals surface area contributed by atoms with Crippen molar-refractivity contribution < 1.29 is 28.6 Å².